The molecule has 0 spiro atoms. The summed E-state index contributed by atoms with van der Waals surface area (Å²) >= 11 is 0. The van der Waals surface area contributed by atoms with Crippen LogP contribution in [0.3, 0.4) is 0 Å². The van der Waals surface area contributed by atoms with E-state index in [1.165, 1.54) is 11.1 Å². The fourth-order valence-electron chi connectivity index (χ4n) is 3.60. The van der Waals surface area contributed by atoms with Crippen molar-refractivity contribution in [1.29, 1.82) is 0 Å². The van der Waals surface area contributed by atoms with Gasteiger partial charge in [-0.2, -0.15) is 0 Å². The number of anilines is 1. The number of esters is 1. The SMILES string of the molecule is CCOC(=O)c1cn(C(C)(C)C)c2nc(N3CCC[C@H]3C(N)=O)c(F)cc2c1=O. The molecular weight excluding hydrogens is 379 g/mol. The number of primary amides is 1. The van der Waals surface area contributed by atoms with Crippen LogP contribution < -0.4 is 16.1 Å². The normalized spacial score (nSPS) is 17.0. The Balaban J connectivity index is 2.30. The number of nitrogens with two attached hydrogens (primary N) is 1. The Bertz CT molecular complexity index is 1040. The van der Waals surface area contributed by atoms with Crippen molar-refractivity contribution in [2.75, 3.05) is 18.1 Å². The number of carbonyl (C=O) groups is 2. The van der Waals surface area contributed by atoms with Crippen LogP contribution in [0.25, 0.3) is 11.0 Å². The number of carbonyl (C=O) groups excluding carboxylic acids is 2. The molecule has 1 aliphatic rings. The van der Waals surface area contributed by atoms with Crippen molar-refractivity contribution in [3.8, 4) is 0 Å². The molecule has 8 nitrogen and oxygen atoms in total. The lowest BCUT2D eigenvalue weighted by Crippen LogP contribution is -2.41. The van der Waals surface area contributed by atoms with Crippen molar-refractivity contribution in [2.24, 2.45) is 5.73 Å². The van der Waals surface area contributed by atoms with Crippen molar-refractivity contribution in [3.63, 3.8) is 0 Å². The third-order valence-electron chi connectivity index (χ3n) is 4.98. The van der Waals surface area contributed by atoms with Crippen molar-refractivity contribution in [3.05, 3.63) is 33.9 Å². The summed E-state index contributed by atoms with van der Waals surface area (Å²) in [6.45, 7) is 7.81. The maximum Gasteiger partial charge on any atom is 0.343 e. The summed E-state index contributed by atoms with van der Waals surface area (Å²) < 4.78 is 21.6. The number of halogens is 1. The number of pyridine rings is 2. The van der Waals surface area contributed by atoms with E-state index in [2.05, 4.69) is 4.98 Å². The van der Waals surface area contributed by atoms with Gasteiger partial charge in [-0.05, 0) is 46.6 Å². The number of nitrogens with zero attached hydrogens (tertiary/aromatic N) is 3. The van der Waals surface area contributed by atoms with Crippen molar-refractivity contribution < 1.29 is 18.7 Å². The van der Waals surface area contributed by atoms with E-state index in [-0.39, 0.29) is 29.0 Å². The van der Waals surface area contributed by atoms with E-state index in [0.717, 1.165) is 6.07 Å². The van der Waals surface area contributed by atoms with E-state index in [9.17, 15) is 18.8 Å². The first-order valence-corrected chi connectivity index (χ1v) is 9.55. The third kappa shape index (κ3) is 3.68. The smallest absolute Gasteiger partial charge is 0.343 e. The minimum Gasteiger partial charge on any atom is -0.462 e. The van der Waals surface area contributed by atoms with Crippen LogP contribution in [0, 0.1) is 5.82 Å². The van der Waals surface area contributed by atoms with Crippen LogP contribution in [0.4, 0.5) is 10.2 Å². The number of rotatable bonds is 4. The average Bonchev–Trinajstić information content (AvgIpc) is 3.11. The molecule has 1 fully saturated rings. The van der Waals surface area contributed by atoms with Gasteiger partial charge < -0.3 is 19.9 Å². The molecular formula is C20H25FN4O4. The van der Waals surface area contributed by atoms with Gasteiger partial charge in [-0.25, -0.2) is 14.2 Å². The summed E-state index contributed by atoms with van der Waals surface area (Å²) in [5.41, 5.74) is 4.28. The molecule has 1 saturated heterocycles. The van der Waals surface area contributed by atoms with Gasteiger partial charge >= 0.3 is 5.97 Å². The van der Waals surface area contributed by atoms with Gasteiger partial charge in [0.15, 0.2) is 11.6 Å². The lowest BCUT2D eigenvalue weighted by atomic mass is 10.1. The van der Waals surface area contributed by atoms with Crippen LogP contribution in [-0.4, -0.2) is 40.6 Å². The molecule has 2 aromatic heterocycles. The fourth-order valence-corrected chi connectivity index (χ4v) is 3.60. The monoisotopic (exact) mass is 404 g/mol. The van der Waals surface area contributed by atoms with E-state index >= 15 is 0 Å². The van der Waals surface area contributed by atoms with Crippen LogP contribution in [0.15, 0.2) is 17.1 Å². The van der Waals surface area contributed by atoms with E-state index in [1.807, 2.05) is 20.8 Å². The largest absolute Gasteiger partial charge is 0.462 e. The number of amides is 1. The minimum absolute atomic E-state index is 0.0263. The third-order valence-corrected chi connectivity index (χ3v) is 4.98. The lowest BCUT2D eigenvalue weighted by molar-refractivity contribution is -0.119. The van der Waals surface area contributed by atoms with Gasteiger partial charge in [0, 0.05) is 18.3 Å². The van der Waals surface area contributed by atoms with E-state index in [1.54, 1.807) is 11.5 Å². The zero-order chi connectivity index (χ0) is 21.5. The first-order chi connectivity index (χ1) is 13.6. The standard InChI is InChI=1S/C20H25FN4O4/c1-5-29-19(28)12-10-25(20(2,3)4)17-11(15(12)26)9-13(21)18(23-17)24-8-6-7-14(24)16(22)27/h9-10,14H,5-8H2,1-4H3,(H2,22,27)/t14-/m0/s1. The zero-order valence-electron chi connectivity index (χ0n) is 17.0. The highest BCUT2D eigenvalue weighted by atomic mass is 19.1. The molecule has 9 heteroatoms. The molecule has 0 aliphatic carbocycles. The molecule has 1 aliphatic heterocycles. The first-order valence-electron chi connectivity index (χ1n) is 9.55. The van der Waals surface area contributed by atoms with Crippen molar-refractivity contribution in [2.45, 2.75) is 52.1 Å². The Labute approximate surface area is 167 Å². The maximum atomic E-state index is 15.0. The van der Waals surface area contributed by atoms with Crippen LogP contribution in [0.2, 0.25) is 0 Å². The second-order valence-electron chi connectivity index (χ2n) is 8.05. The highest BCUT2D eigenvalue weighted by Gasteiger charge is 2.33. The fraction of sp³-hybridized carbons (Fsp3) is 0.500. The summed E-state index contributed by atoms with van der Waals surface area (Å²) in [6.07, 6.45) is 2.59. The van der Waals surface area contributed by atoms with E-state index in [0.29, 0.717) is 19.4 Å². The Morgan fingerprint density at radius 3 is 2.66 bits per heavy atom. The van der Waals surface area contributed by atoms with Gasteiger partial charge in [0.1, 0.15) is 17.3 Å². The number of fused-ring (bicyclic) bond motifs is 1. The van der Waals surface area contributed by atoms with Crippen LogP contribution in [0.5, 0.6) is 0 Å². The first kappa shape index (κ1) is 20.8. The van der Waals surface area contributed by atoms with E-state index < -0.39 is 34.7 Å². The Morgan fingerprint density at radius 1 is 1.38 bits per heavy atom. The van der Waals surface area contributed by atoms with Gasteiger partial charge in [0.25, 0.3) is 0 Å². The summed E-state index contributed by atoms with van der Waals surface area (Å²) in [5, 5.41) is -0.0263. The molecule has 0 unspecified atom stereocenters. The summed E-state index contributed by atoms with van der Waals surface area (Å²) in [4.78, 5) is 42.8. The predicted molar refractivity (Wildman–Crippen MR) is 106 cm³/mol. The van der Waals surface area contributed by atoms with Crippen molar-refractivity contribution in [1.82, 2.24) is 9.55 Å². The average molecular weight is 404 g/mol. The molecule has 156 valence electrons. The number of ether oxygens (including phenoxy) is 1. The van der Waals surface area contributed by atoms with Gasteiger partial charge in [-0.3, -0.25) is 9.59 Å². The number of aromatic nitrogens is 2. The quantitative estimate of drug-likeness (QED) is 0.780. The Kier molecular flexibility index (Phi) is 5.34. The molecule has 0 bridgehead atoms. The van der Waals surface area contributed by atoms with Crippen LogP contribution in [0.1, 0.15) is 50.9 Å². The minimum atomic E-state index is -0.768. The van der Waals surface area contributed by atoms with Gasteiger partial charge in [-0.15, -0.1) is 0 Å². The molecule has 2 aromatic rings. The van der Waals surface area contributed by atoms with Gasteiger partial charge in [-0.1, -0.05) is 0 Å². The molecule has 3 rings (SSSR count). The number of hydrogen-bond acceptors (Lipinski definition) is 6. The van der Waals surface area contributed by atoms with Crippen LogP contribution in [-0.2, 0) is 15.1 Å². The summed E-state index contributed by atoms with van der Waals surface area (Å²) in [5.74, 6) is -2.09. The molecule has 0 aromatic carbocycles. The second-order valence-corrected chi connectivity index (χ2v) is 8.05. The Morgan fingerprint density at radius 2 is 2.07 bits per heavy atom. The van der Waals surface area contributed by atoms with E-state index in [4.69, 9.17) is 10.5 Å². The van der Waals surface area contributed by atoms with Crippen LogP contribution >= 0.6 is 0 Å². The molecule has 0 saturated carbocycles. The molecule has 2 N–H and O–H groups in total. The predicted octanol–water partition coefficient (Wildman–Crippen LogP) is 1.92. The molecule has 29 heavy (non-hydrogen) atoms. The molecule has 1 atom stereocenters. The highest BCUT2D eigenvalue weighted by Crippen LogP contribution is 2.29. The van der Waals surface area contributed by atoms with Gasteiger partial charge in [0.2, 0.25) is 11.3 Å². The maximum absolute atomic E-state index is 15.0. The molecule has 0 radical (unpaired) electrons. The topological polar surface area (TPSA) is 108 Å². The molecule has 1 amide bonds. The molecule has 3 heterocycles. The second kappa shape index (κ2) is 7.46. The number of hydrogen-bond donors (Lipinski definition) is 1. The summed E-state index contributed by atoms with van der Waals surface area (Å²) in [6, 6.07) is 0.421. The highest BCUT2D eigenvalue weighted by molar-refractivity contribution is 5.93. The van der Waals surface area contributed by atoms with Crippen molar-refractivity contribution >= 4 is 28.7 Å². The zero-order valence-corrected chi connectivity index (χ0v) is 17.0. The summed E-state index contributed by atoms with van der Waals surface area (Å²) in [7, 11) is 0. The lowest BCUT2D eigenvalue weighted by Gasteiger charge is -2.28. The Hall–Kier alpha value is -2.97. The van der Waals surface area contributed by atoms with Gasteiger partial charge in [0.05, 0.1) is 12.0 Å².